The lowest BCUT2D eigenvalue weighted by atomic mass is 9.87. The first-order chi connectivity index (χ1) is 9.00. The molecule has 2 rings (SSSR count). The maximum atomic E-state index is 13.1. The lowest BCUT2D eigenvalue weighted by Gasteiger charge is -2.32. The Bertz CT molecular complexity index is 428. The number of nitrogens with one attached hydrogen (secondary N) is 1. The molecule has 0 amide bonds. The number of hydrogen-bond donors (Lipinski definition) is 3. The van der Waals surface area contributed by atoms with Gasteiger partial charge in [-0.05, 0) is 62.9 Å². The van der Waals surface area contributed by atoms with Gasteiger partial charge < -0.3 is 15.5 Å². The van der Waals surface area contributed by atoms with Crippen LogP contribution in [0.25, 0.3) is 0 Å². The Hall–Kier alpha value is -0.910. The monoisotopic (exact) mass is 307 g/mol. The summed E-state index contributed by atoms with van der Waals surface area (Å²) in [5, 5.41) is 22.5. The molecular weight excluding hydrogens is 288 g/mol. The standard InChI is InChI=1S/C14H19F2NO2.ClH/c15-11-8-10(9-12(16)13(11)18)2-1-3-14(19)4-6-17-7-5-14;/h8-9,17-19H,1-7H2;1H. The average molecular weight is 308 g/mol. The second-order valence-electron chi connectivity index (χ2n) is 5.24. The molecule has 1 aliphatic rings. The fourth-order valence-corrected chi connectivity index (χ4v) is 2.53. The molecule has 0 spiro atoms. The number of aliphatic hydroxyl groups is 1. The number of halogens is 3. The van der Waals surface area contributed by atoms with Gasteiger partial charge in [0.15, 0.2) is 17.4 Å². The molecule has 1 saturated heterocycles. The van der Waals surface area contributed by atoms with Crippen LogP contribution in [-0.2, 0) is 6.42 Å². The molecule has 0 aromatic heterocycles. The van der Waals surface area contributed by atoms with Gasteiger partial charge in [0.05, 0.1) is 5.60 Å². The Morgan fingerprint density at radius 1 is 1.15 bits per heavy atom. The third-order valence-electron chi connectivity index (χ3n) is 3.72. The number of hydrogen-bond acceptors (Lipinski definition) is 3. The summed E-state index contributed by atoms with van der Waals surface area (Å²) in [5.74, 6) is -2.80. The number of aromatic hydroxyl groups is 1. The van der Waals surface area contributed by atoms with E-state index in [0.717, 1.165) is 25.2 Å². The average Bonchev–Trinajstić information content (AvgIpc) is 2.36. The van der Waals surface area contributed by atoms with E-state index in [1.54, 1.807) is 0 Å². The highest BCUT2D eigenvalue weighted by molar-refractivity contribution is 5.85. The zero-order valence-electron chi connectivity index (χ0n) is 11.2. The molecule has 20 heavy (non-hydrogen) atoms. The summed E-state index contributed by atoms with van der Waals surface area (Å²) in [6.45, 7) is 1.61. The van der Waals surface area contributed by atoms with Crippen molar-refractivity contribution in [1.82, 2.24) is 5.32 Å². The molecule has 1 aromatic carbocycles. The minimum absolute atomic E-state index is 0. The number of phenolic OH excluding ortho intramolecular Hbond substituents is 1. The molecule has 6 heteroatoms. The highest BCUT2D eigenvalue weighted by Gasteiger charge is 2.28. The maximum Gasteiger partial charge on any atom is 0.187 e. The quantitative estimate of drug-likeness (QED) is 0.801. The summed E-state index contributed by atoms with van der Waals surface area (Å²) in [6.07, 6.45) is 3.21. The molecule has 0 unspecified atom stereocenters. The maximum absolute atomic E-state index is 13.1. The minimum atomic E-state index is -0.935. The molecule has 1 fully saturated rings. The summed E-state index contributed by atoms with van der Waals surface area (Å²) in [5.41, 5.74) is -0.149. The van der Waals surface area contributed by atoms with Gasteiger partial charge in [-0.3, -0.25) is 0 Å². The summed E-state index contributed by atoms with van der Waals surface area (Å²) in [7, 11) is 0. The molecular formula is C14H20ClF2NO2. The highest BCUT2D eigenvalue weighted by atomic mass is 35.5. The Morgan fingerprint density at radius 2 is 1.70 bits per heavy atom. The van der Waals surface area contributed by atoms with Crippen molar-refractivity contribution >= 4 is 12.4 Å². The van der Waals surface area contributed by atoms with Crippen LogP contribution in [0.4, 0.5) is 8.78 Å². The van der Waals surface area contributed by atoms with E-state index in [1.807, 2.05) is 0 Å². The number of rotatable bonds is 4. The molecule has 0 atom stereocenters. The van der Waals surface area contributed by atoms with Crippen molar-refractivity contribution in [3.05, 3.63) is 29.3 Å². The third-order valence-corrected chi connectivity index (χ3v) is 3.72. The predicted molar refractivity (Wildman–Crippen MR) is 75.3 cm³/mol. The van der Waals surface area contributed by atoms with Gasteiger partial charge >= 0.3 is 0 Å². The van der Waals surface area contributed by atoms with Crippen LogP contribution in [0, 0.1) is 11.6 Å². The van der Waals surface area contributed by atoms with E-state index in [-0.39, 0.29) is 12.4 Å². The first kappa shape index (κ1) is 17.1. The lowest BCUT2D eigenvalue weighted by molar-refractivity contribution is 0.000916. The number of benzene rings is 1. The predicted octanol–water partition coefficient (Wildman–Crippen LogP) is 2.53. The van der Waals surface area contributed by atoms with Crippen LogP contribution in [0.2, 0.25) is 0 Å². The molecule has 1 heterocycles. The van der Waals surface area contributed by atoms with E-state index in [1.165, 1.54) is 0 Å². The van der Waals surface area contributed by atoms with Gasteiger partial charge in [0.1, 0.15) is 0 Å². The lowest BCUT2D eigenvalue weighted by Crippen LogP contribution is -2.41. The van der Waals surface area contributed by atoms with E-state index in [9.17, 15) is 13.9 Å². The molecule has 0 aliphatic carbocycles. The van der Waals surface area contributed by atoms with Crippen molar-refractivity contribution in [3.8, 4) is 5.75 Å². The molecule has 0 saturated carbocycles. The van der Waals surface area contributed by atoms with E-state index in [2.05, 4.69) is 5.32 Å². The number of piperidine rings is 1. The van der Waals surface area contributed by atoms with Crippen LogP contribution in [0.5, 0.6) is 5.75 Å². The van der Waals surface area contributed by atoms with Crippen LogP contribution in [0.3, 0.4) is 0 Å². The highest BCUT2D eigenvalue weighted by Crippen LogP contribution is 2.26. The van der Waals surface area contributed by atoms with Crippen LogP contribution in [-0.4, -0.2) is 28.9 Å². The van der Waals surface area contributed by atoms with Crippen molar-refractivity contribution in [3.63, 3.8) is 0 Å². The zero-order chi connectivity index (χ0) is 13.9. The fraction of sp³-hybridized carbons (Fsp3) is 0.571. The van der Waals surface area contributed by atoms with Crippen molar-refractivity contribution < 1.29 is 19.0 Å². The smallest absolute Gasteiger partial charge is 0.187 e. The van der Waals surface area contributed by atoms with Crippen molar-refractivity contribution in [2.24, 2.45) is 0 Å². The van der Waals surface area contributed by atoms with Gasteiger partial charge in [0.2, 0.25) is 0 Å². The van der Waals surface area contributed by atoms with Crippen molar-refractivity contribution in [1.29, 1.82) is 0 Å². The van der Waals surface area contributed by atoms with Crippen molar-refractivity contribution in [2.45, 2.75) is 37.7 Å². The summed E-state index contributed by atoms with van der Waals surface area (Å²) < 4.78 is 26.3. The van der Waals surface area contributed by atoms with E-state index >= 15 is 0 Å². The molecule has 0 radical (unpaired) electrons. The molecule has 1 aromatic rings. The summed E-state index contributed by atoms with van der Waals surface area (Å²) >= 11 is 0. The second-order valence-corrected chi connectivity index (χ2v) is 5.24. The number of aryl methyl sites for hydroxylation is 1. The van der Waals surface area contributed by atoms with Crippen LogP contribution in [0.15, 0.2) is 12.1 Å². The van der Waals surface area contributed by atoms with Crippen LogP contribution < -0.4 is 5.32 Å². The SMILES string of the molecule is Cl.Oc1c(F)cc(CCCC2(O)CCNCC2)cc1F. The zero-order valence-corrected chi connectivity index (χ0v) is 12.0. The normalized spacial score (nSPS) is 17.6. The van der Waals surface area contributed by atoms with Gasteiger partial charge in [0, 0.05) is 0 Å². The topological polar surface area (TPSA) is 52.5 Å². The van der Waals surface area contributed by atoms with Gasteiger partial charge in [-0.2, -0.15) is 0 Å². The van der Waals surface area contributed by atoms with Gasteiger partial charge in [-0.1, -0.05) is 0 Å². The Balaban J connectivity index is 0.00000200. The largest absolute Gasteiger partial charge is 0.503 e. The van der Waals surface area contributed by atoms with Crippen LogP contribution >= 0.6 is 12.4 Å². The molecule has 3 N–H and O–H groups in total. The third kappa shape index (κ3) is 4.30. The first-order valence-electron chi connectivity index (χ1n) is 6.60. The Morgan fingerprint density at radius 3 is 2.25 bits per heavy atom. The van der Waals surface area contributed by atoms with E-state index in [4.69, 9.17) is 5.11 Å². The number of phenols is 1. The first-order valence-corrected chi connectivity index (χ1v) is 6.60. The second kappa shape index (κ2) is 7.20. The molecule has 3 nitrogen and oxygen atoms in total. The van der Waals surface area contributed by atoms with E-state index < -0.39 is 23.0 Å². The molecule has 1 aliphatic heterocycles. The van der Waals surface area contributed by atoms with Crippen molar-refractivity contribution in [2.75, 3.05) is 13.1 Å². The Labute approximate surface area is 123 Å². The fourth-order valence-electron chi connectivity index (χ4n) is 2.53. The van der Waals surface area contributed by atoms with Gasteiger partial charge in [-0.15, -0.1) is 12.4 Å². The summed E-state index contributed by atoms with van der Waals surface area (Å²) in [6, 6.07) is 2.29. The van der Waals surface area contributed by atoms with Gasteiger partial charge in [0.25, 0.3) is 0 Å². The van der Waals surface area contributed by atoms with Crippen LogP contribution in [0.1, 0.15) is 31.2 Å². The molecule has 0 bridgehead atoms. The van der Waals surface area contributed by atoms with Gasteiger partial charge in [-0.25, -0.2) is 8.78 Å². The Kier molecular flexibility index (Phi) is 6.17. The molecule has 114 valence electrons. The summed E-state index contributed by atoms with van der Waals surface area (Å²) in [4.78, 5) is 0. The van der Waals surface area contributed by atoms with E-state index in [0.29, 0.717) is 37.7 Å². The minimum Gasteiger partial charge on any atom is -0.503 e.